The number of hydrogen-bond acceptors (Lipinski definition) is 6. The number of carbonyl (C=O) groups excluding carboxylic acids is 1. The molecule has 26 heavy (non-hydrogen) atoms. The Morgan fingerprint density at radius 3 is 2.73 bits per heavy atom. The minimum absolute atomic E-state index is 0.188. The van der Waals surface area contributed by atoms with E-state index in [0.717, 1.165) is 23.4 Å². The monoisotopic (exact) mass is 372 g/mol. The van der Waals surface area contributed by atoms with E-state index in [1.165, 1.54) is 0 Å². The van der Waals surface area contributed by atoms with E-state index in [1.54, 1.807) is 16.4 Å². The highest BCUT2D eigenvalue weighted by Crippen LogP contribution is 2.36. The molecule has 0 radical (unpaired) electrons. The van der Waals surface area contributed by atoms with Crippen molar-refractivity contribution in [2.24, 2.45) is 0 Å². The molecule has 6 nitrogen and oxygen atoms in total. The second-order valence-corrected chi connectivity index (χ2v) is 7.50. The number of thioether (sulfide) groups is 1. The summed E-state index contributed by atoms with van der Waals surface area (Å²) in [4.78, 5) is 17.4. The molecule has 1 unspecified atom stereocenters. The zero-order valence-corrected chi connectivity index (χ0v) is 16.3. The first kappa shape index (κ1) is 18.5. The number of fused-ring (bicyclic) bond motifs is 1. The molecule has 0 fully saturated rings. The first-order chi connectivity index (χ1) is 12.5. The summed E-state index contributed by atoms with van der Waals surface area (Å²) in [5.41, 5.74) is 2.29. The van der Waals surface area contributed by atoms with E-state index in [2.05, 4.69) is 22.3 Å². The molecule has 0 spiro atoms. The highest BCUT2D eigenvalue weighted by Gasteiger charge is 2.35. The van der Waals surface area contributed by atoms with Crippen molar-refractivity contribution < 1.29 is 9.53 Å². The maximum absolute atomic E-state index is 12.8. The van der Waals surface area contributed by atoms with Crippen molar-refractivity contribution in [2.45, 2.75) is 51.4 Å². The largest absolute Gasteiger partial charge is 0.459 e. The molecule has 0 aliphatic carbocycles. The van der Waals surface area contributed by atoms with Crippen LogP contribution in [0.25, 0.3) is 0 Å². The van der Waals surface area contributed by atoms with Crippen molar-refractivity contribution in [2.75, 3.05) is 11.1 Å². The van der Waals surface area contributed by atoms with Crippen LogP contribution in [-0.4, -0.2) is 32.6 Å². The quantitative estimate of drug-likeness (QED) is 0.610. The molecule has 0 saturated heterocycles. The minimum Gasteiger partial charge on any atom is -0.459 e. The number of anilines is 1. The Balaban J connectivity index is 2.06. The number of benzene rings is 1. The van der Waals surface area contributed by atoms with E-state index < -0.39 is 0 Å². The standard InChI is InChI=1S/C19H24N4O2S/c1-5-11-26-19-21-18-20-13(4)15(17(24)25-12(2)3)16(23(18)22-19)14-9-7-6-8-10-14/h6-10,12,16H,5,11H2,1-4H3,(H,20,21,22). The lowest BCUT2D eigenvalue weighted by molar-refractivity contribution is -0.143. The van der Waals surface area contributed by atoms with Crippen LogP contribution >= 0.6 is 11.8 Å². The summed E-state index contributed by atoms with van der Waals surface area (Å²) in [6.45, 7) is 7.70. The van der Waals surface area contributed by atoms with Gasteiger partial charge < -0.3 is 10.1 Å². The molecule has 1 aliphatic rings. The van der Waals surface area contributed by atoms with Gasteiger partial charge in [-0.05, 0) is 32.8 Å². The van der Waals surface area contributed by atoms with Crippen LogP contribution in [0.3, 0.4) is 0 Å². The third-order valence-corrected chi connectivity index (χ3v) is 4.99. The molecule has 1 aliphatic heterocycles. The molecular formula is C19H24N4O2S. The van der Waals surface area contributed by atoms with Gasteiger partial charge in [-0.15, -0.1) is 5.10 Å². The lowest BCUT2D eigenvalue weighted by atomic mass is 9.96. The van der Waals surface area contributed by atoms with Gasteiger partial charge in [0.2, 0.25) is 11.1 Å². The van der Waals surface area contributed by atoms with Gasteiger partial charge in [-0.25, -0.2) is 9.48 Å². The first-order valence-electron chi connectivity index (χ1n) is 8.84. The number of aromatic nitrogens is 3. The maximum atomic E-state index is 12.8. The minimum atomic E-state index is -0.359. The number of carbonyl (C=O) groups is 1. The maximum Gasteiger partial charge on any atom is 0.338 e. The zero-order chi connectivity index (χ0) is 18.7. The van der Waals surface area contributed by atoms with Crippen molar-refractivity contribution in [1.29, 1.82) is 0 Å². The second-order valence-electron chi connectivity index (χ2n) is 6.44. The molecule has 3 rings (SSSR count). The van der Waals surface area contributed by atoms with Gasteiger partial charge in [-0.1, -0.05) is 49.0 Å². The average molecular weight is 372 g/mol. The number of nitrogens with zero attached hydrogens (tertiary/aromatic N) is 3. The van der Waals surface area contributed by atoms with Crippen LogP contribution in [0.2, 0.25) is 0 Å². The van der Waals surface area contributed by atoms with Gasteiger partial charge in [-0.3, -0.25) is 0 Å². The van der Waals surface area contributed by atoms with Gasteiger partial charge in [0.25, 0.3) is 0 Å². The topological polar surface area (TPSA) is 69.0 Å². The van der Waals surface area contributed by atoms with Crippen LogP contribution in [0.5, 0.6) is 0 Å². The van der Waals surface area contributed by atoms with E-state index in [-0.39, 0.29) is 18.1 Å². The van der Waals surface area contributed by atoms with E-state index in [4.69, 9.17) is 4.74 Å². The number of hydrogen-bond donors (Lipinski definition) is 1. The number of esters is 1. The predicted octanol–water partition coefficient (Wildman–Crippen LogP) is 4.02. The van der Waals surface area contributed by atoms with Gasteiger partial charge in [0.1, 0.15) is 6.04 Å². The Hall–Kier alpha value is -2.28. The van der Waals surface area contributed by atoms with E-state index in [1.807, 2.05) is 51.1 Å². The molecule has 0 amide bonds. The number of ether oxygens (including phenoxy) is 1. The summed E-state index contributed by atoms with van der Waals surface area (Å²) in [5, 5.41) is 8.58. The van der Waals surface area contributed by atoms with Crippen LogP contribution in [0.15, 0.2) is 46.8 Å². The van der Waals surface area contributed by atoms with Crippen molar-refractivity contribution in [3.63, 3.8) is 0 Å². The molecular weight excluding hydrogens is 348 g/mol. The second kappa shape index (κ2) is 7.95. The summed E-state index contributed by atoms with van der Waals surface area (Å²) >= 11 is 1.61. The normalized spacial score (nSPS) is 16.4. The Bertz CT molecular complexity index is 814. The summed E-state index contributed by atoms with van der Waals surface area (Å²) in [6, 6.07) is 9.51. The van der Waals surface area contributed by atoms with E-state index >= 15 is 0 Å². The molecule has 138 valence electrons. The van der Waals surface area contributed by atoms with Crippen molar-refractivity contribution in [1.82, 2.24) is 14.8 Å². The van der Waals surface area contributed by atoms with Crippen LogP contribution in [0, 0.1) is 0 Å². The SMILES string of the molecule is CCCSc1nc2n(n1)C(c1ccccc1)C(C(=O)OC(C)C)=C(C)N2. The number of rotatable bonds is 6. The first-order valence-corrected chi connectivity index (χ1v) is 9.82. The highest BCUT2D eigenvalue weighted by atomic mass is 32.2. The fourth-order valence-electron chi connectivity index (χ4n) is 2.87. The molecule has 1 atom stereocenters. The summed E-state index contributed by atoms with van der Waals surface area (Å²) < 4.78 is 7.28. The third-order valence-electron chi connectivity index (χ3n) is 3.95. The van der Waals surface area contributed by atoms with E-state index in [9.17, 15) is 4.79 Å². The fraction of sp³-hybridized carbons (Fsp3) is 0.421. The van der Waals surface area contributed by atoms with Crippen molar-refractivity contribution in [3.05, 3.63) is 47.2 Å². The van der Waals surface area contributed by atoms with Gasteiger partial charge in [0, 0.05) is 11.4 Å². The van der Waals surface area contributed by atoms with Gasteiger partial charge in [-0.2, -0.15) is 4.98 Å². The summed E-state index contributed by atoms with van der Waals surface area (Å²) in [6.07, 6.45) is 0.861. The Labute approximate surface area is 158 Å². The summed E-state index contributed by atoms with van der Waals surface area (Å²) in [5.74, 6) is 1.27. The molecule has 2 heterocycles. The number of allylic oxidation sites excluding steroid dienone is 1. The molecule has 0 bridgehead atoms. The Morgan fingerprint density at radius 1 is 1.35 bits per heavy atom. The summed E-state index contributed by atoms with van der Waals surface area (Å²) in [7, 11) is 0. The van der Waals surface area contributed by atoms with Crippen LogP contribution in [0.4, 0.5) is 5.95 Å². The molecule has 1 N–H and O–H groups in total. The molecule has 1 aromatic carbocycles. The molecule has 2 aromatic rings. The lowest BCUT2D eigenvalue weighted by Gasteiger charge is -2.28. The van der Waals surface area contributed by atoms with Gasteiger partial charge >= 0.3 is 5.97 Å². The smallest absolute Gasteiger partial charge is 0.338 e. The van der Waals surface area contributed by atoms with Gasteiger partial charge in [0.15, 0.2) is 0 Å². The number of nitrogens with one attached hydrogen (secondary N) is 1. The molecule has 0 saturated carbocycles. The van der Waals surface area contributed by atoms with Crippen LogP contribution in [-0.2, 0) is 9.53 Å². The van der Waals surface area contributed by atoms with Crippen molar-refractivity contribution in [3.8, 4) is 0 Å². The van der Waals surface area contributed by atoms with Crippen LogP contribution < -0.4 is 5.32 Å². The van der Waals surface area contributed by atoms with Crippen LogP contribution in [0.1, 0.15) is 45.7 Å². The fourth-order valence-corrected chi connectivity index (χ4v) is 3.55. The van der Waals surface area contributed by atoms with Crippen molar-refractivity contribution >= 4 is 23.7 Å². The lowest BCUT2D eigenvalue weighted by Crippen LogP contribution is -2.30. The predicted molar refractivity (Wildman–Crippen MR) is 103 cm³/mol. The van der Waals surface area contributed by atoms with E-state index in [0.29, 0.717) is 16.7 Å². The Kier molecular flexibility index (Phi) is 5.66. The zero-order valence-electron chi connectivity index (χ0n) is 15.5. The highest BCUT2D eigenvalue weighted by molar-refractivity contribution is 7.99. The Morgan fingerprint density at radius 2 is 2.08 bits per heavy atom. The average Bonchev–Trinajstić information content (AvgIpc) is 3.01. The molecule has 1 aromatic heterocycles. The molecule has 7 heteroatoms. The third kappa shape index (κ3) is 3.77. The van der Waals surface area contributed by atoms with Gasteiger partial charge in [0.05, 0.1) is 11.7 Å².